The number of hydrogen-bond acceptors (Lipinski definition) is 6. The van der Waals surface area contributed by atoms with Gasteiger partial charge in [0.05, 0.1) is 17.6 Å². The van der Waals surface area contributed by atoms with Gasteiger partial charge in [-0.1, -0.05) is 65.9 Å². The van der Waals surface area contributed by atoms with Crippen LogP contribution < -0.4 is 4.72 Å². The molecule has 3 aromatic rings. The van der Waals surface area contributed by atoms with Gasteiger partial charge >= 0.3 is 5.97 Å². The lowest BCUT2D eigenvalue weighted by molar-refractivity contribution is -0.146. The summed E-state index contributed by atoms with van der Waals surface area (Å²) >= 11 is 0. The van der Waals surface area contributed by atoms with Crippen LogP contribution in [0.5, 0.6) is 0 Å². The predicted molar refractivity (Wildman–Crippen MR) is 113 cm³/mol. The fraction of sp³-hybridized carbons (Fsp3) is 0.143. The van der Waals surface area contributed by atoms with E-state index in [9.17, 15) is 23.1 Å². The Balaban J connectivity index is 1.65. The summed E-state index contributed by atoms with van der Waals surface area (Å²) in [5.41, 5.74) is 1.85. The minimum absolute atomic E-state index is 0.260. The van der Waals surface area contributed by atoms with Crippen LogP contribution in [0.2, 0.25) is 0 Å². The van der Waals surface area contributed by atoms with Gasteiger partial charge in [-0.2, -0.15) is 0 Å². The molecule has 0 bridgehead atoms. The van der Waals surface area contributed by atoms with Crippen molar-refractivity contribution >= 4 is 28.0 Å². The standard InChI is InChI=1S/C21H20N4O5S/c26-20(23-31(29,30)12-11-16-7-3-1-4-8-16)19(21(27)28)13-18-15-25(24-22-18)14-17-9-5-2-6-10-17/h1-12,15,19H,13-14H2,(H,23,26)(H,27,28)/b12-11+. The van der Waals surface area contributed by atoms with Gasteiger partial charge in [0.25, 0.3) is 10.0 Å². The van der Waals surface area contributed by atoms with E-state index in [1.807, 2.05) is 30.3 Å². The molecule has 2 N–H and O–H groups in total. The van der Waals surface area contributed by atoms with Crippen LogP contribution in [0.1, 0.15) is 16.8 Å². The molecule has 0 aliphatic rings. The van der Waals surface area contributed by atoms with E-state index in [1.165, 1.54) is 17.0 Å². The zero-order valence-electron chi connectivity index (χ0n) is 16.3. The highest BCUT2D eigenvalue weighted by Gasteiger charge is 2.30. The molecule has 0 fully saturated rings. The molecule has 0 aliphatic heterocycles. The van der Waals surface area contributed by atoms with E-state index >= 15 is 0 Å². The second-order valence-electron chi connectivity index (χ2n) is 6.71. The minimum atomic E-state index is -4.17. The molecule has 1 unspecified atom stereocenters. The lowest BCUT2D eigenvalue weighted by Gasteiger charge is -2.10. The van der Waals surface area contributed by atoms with Crippen LogP contribution in [-0.4, -0.2) is 40.4 Å². The monoisotopic (exact) mass is 440 g/mol. The fourth-order valence-electron chi connectivity index (χ4n) is 2.76. The largest absolute Gasteiger partial charge is 0.481 e. The van der Waals surface area contributed by atoms with Crippen molar-refractivity contribution in [2.75, 3.05) is 0 Å². The molecule has 1 amide bonds. The number of carbonyl (C=O) groups excluding carboxylic acids is 1. The Morgan fingerprint density at radius 2 is 1.71 bits per heavy atom. The topological polar surface area (TPSA) is 131 Å². The van der Waals surface area contributed by atoms with E-state index in [2.05, 4.69) is 10.3 Å². The maximum Gasteiger partial charge on any atom is 0.316 e. The van der Waals surface area contributed by atoms with Gasteiger partial charge in [0.2, 0.25) is 5.91 Å². The van der Waals surface area contributed by atoms with Gasteiger partial charge in [-0.15, -0.1) is 5.10 Å². The van der Waals surface area contributed by atoms with Gasteiger partial charge < -0.3 is 5.11 Å². The number of carboxylic acid groups (broad SMARTS) is 1. The van der Waals surface area contributed by atoms with Gasteiger partial charge in [0.1, 0.15) is 5.92 Å². The number of aromatic nitrogens is 3. The van der Waals surface area contributed by atoms with Crippen molar-refractivity contribution in [1.82, 2.24) is 19.7 Å². The molecule has 160 valence electrons. The Kier molecular flexibility index (Phi) is 6.93. The summed E-state index contributed by atoms with van der Waals surface area (Å²) in [6.45, 7) is 0.427. The predicted octanol–water partition coefficient (Wildman–Crippen LogP) is 1.69. The number of carboxylic acids is 1. The number of rotatable bonds is 9. The highest BCUT2D eigenvalue weighted by Crippen LogP contribution is 2.10. The lowest BCUT2D eigenvalue weighted by Crippen LogP contribution is -2.39. The van der Waals surface area contributed by atoms with Crippen LogP contribution in [0.15, 0.2) is 72.3 Å². The minimum Gasteiger partial charge on any atom is -0.481 e. The van der Waals surface area contributed by atoms with Crippen LogP contribution in [0.25, 0.3) is 6.08 Å². The molecule has 1 atom stereocenters. The van der Waals surface area contributed by atoms with Crippen molar-refractivity contribution in [3.05, 3.63) is 89.1 Å². The molecule has 0 saturated carbocycles. The number of nitrogens with zero attached hydrogens (tertiary/aromatic N) is 3. The maximum atomic E-state index is 12.4. The van der Waals surface area contributed by atoms with E-state index in [4.69, 9.17) is 0 Å². The molecule has 31 heavy (non-hydrogen) atoms. The fourth-order valence-corrected chi connectivity index (χ4v) is 3.59. The van der Waals surface area contributed by atoms with Crippen molar-refractivity contribution in [3.8, 4) is 0 Å². The van der Waals surface area contributed by atoms with Crippen molar-refractivity contribution in [1.29, 1.82) is 0 Å². The zero-order valence-corrected chi connectivity index (χ0v) is 17.1. The number of sulfonamides is 1. The molecule has 1 aromatic heterocycles. The molecule has 3 rings (SSSR count). The van der Waals surface area contributed by atoms with E-state index in [0.29, 0.717) is 12.1 Å². The summed E-state index contributed by atoms with van der Waals surface area (Å²) in [5, 5.41) is 18.1. The normalized spacial score (nSPS) is 12.5. The number of benzene rings is 2. The first-order chi connectivity index (χ1) is 14.8. The third kappa shape index (κ3) is 6.61. The average Bonchev–Trinajstić information content (AvgIpc) is 3.18. The molecule has 0 radical (unpaired) electrons. The summed E-state index contributed by atoms with van der Waals surface area (Å²) in [6.07, 6.45) is 2.54. The summed E-state index contributed by atoms with van der Waals surface area (Å²) in [5.74, 6) is -4.25. The number of carbonyl (C=O) groups is 2. The number of amides is 1. The van der Waals surface area contributed by atoms with Crippen molar-refractivity contribution in [2.24, 2.45) is 5.92 Å². The Hall–Kier alpha value is -3.79. The molecule has 0 aliphatic carbocycles. The van der Waals surface area contributed by atoms with Crippen LogP contribution in [0.4, 0.5) is 0 Å². The lowest BCUT2D eigenvalue weighted by atomic mass is 10.0. The third-order valence-corrected chi connectivity index (χ3v) is 5.26. The van der Waals surface area contributed by atoms with Crippen molar-refractivity contribution < 1.29 is 23.1 Å². The molecular formula is C21H20N4O5S. The molecular weight excluding hydrogens is 420 g/mol. The Bertz CT molecular complexity index is 1170. The summed E-state index contributed by atoms with van der Waals surface area (Å²) in [4.78, 5) is 23.9. The van der Waals surface area contributed by atoms with E-state index in [0.717, 1.165) is 11.0 Å². The first-order valence-corrected chi connectivity index (χ1v) is 10.8. The summed E-state index contributed by atoms with van der Waals surface area (Å²) in [6, 6.07) is 18.1. The zero-order chi connectivity index (χ0) is 22.3. The molecule has 9 nitrogen and oxygen atoms in total. The van der Waals surface area contributed by atoms with Crippen molar-refractivity contribution in [2.45, 2.75) is 13.0 Å². The van der Waals surface area contributed by atoms with Gasteiger partial charge in [-0.25, -0.2) is 17.8 Å². The highest BCUT2D eigenvalue weighted by atomic mass is 32.2. The van der Waals surface area contributed by atoms with Gasteiger partial charge in [-0.05, 0) is 17.2 Å². The Labute approximate surface area is 179 Å². The third-order valence-electron chi connectivity index (χ3n) is 4.28. The van der Waals surface area contributed by atoms with E-state index < -0.39 is 27.8 Å². The van der Waals surface area contributed by atoms with Crippen molar-refractivity contribution in [3.63, 3.8) is 0 Å². The smallest absolute Gasteiger partial charge is 0.316 e. The SMILES string of the molecule is O=C(O)C(Cc1cn(Cc2ccccc2)nn1)C(=O)NS(=O)(=O)/C=C/c1ccccc1. The van der Waals surface area contributed by atoms with Crippen LogP contribution in [-0.2, 0) is 32.6 Å². The first-order valence-electron chi connectivity index (χ1n) is 9.28. The summed E-state index contributed by atoms with van der Waals surface area (Å²) in [7, 11) is -4.17. The molecule has 2 aromatic carbocycles. The van der Waals surface area contributed by atoms with Crippen LogP contribution >= 0.6 is 0 Å². The number of aliphatic carboxylic acids is 1. The Morgan fingerprint density at radius 3 is 2.35 bits per heavy atom. The second-order valence-corrected chi connectivity index (χ2v) is 8.28. The first kappa shape index (κ1) is 21.9. The summed E-state index contributed by atoms with van der Waals surface area (Å²) < 4.78 is 27.6. The quantitative estimate of drug-likeness (QED) is 0.484. The van der Waals surface area contributed by atoms with E-state index in [-0.39, 0.29) is 12.1 Å². The van der Waals surface area contributed by atoms with Gasteiger partial charge in [0, 0.05) is 12.6 Å². The van der Waals surface area contributed by atoms with Gasteiger partial charge in [-0.3, -0.25) is 9.59 Å². The molecule has 0 spiro atoms. The van der Waals surface area contributed by atoms with E-state index in [1.54, 1.807) is 35.1 Å². The Morgan fingerprint density at radius 1 is 1.06 bits per heavy atom. The molecule has 10 heteroatoms. The highest BCUT2D eigenvalue weighted by molar-refractivity contribution is 7.93. The van der Waals surface area contributed by atoms with Crippen LogP contribution in [0.3, 0.4) is 0 Å². The van der Waals surface area contributed by atoms with Crippen LogP contribution in [0, 0.1) is 5.92 Å². The second kappa shape index (κ2) is 9.81. The van der Waals surface area contributed by atoms with Gasteiger partial charge in [0.15, 0.2) is 0 Å². The molecule has 1 heterocycles. The number of hydrogen-bond donors (Lipinski definition) is 2. The number of nitrogens with one attached hydrogen (secondary N) is 1. The maximum absolute atomic E-state index is 12.4. The molecule has 0 saturated heterocycles. The average molecular weight is 440 g/mol.